The van der Waals surface area contributed by atoms with Crippen molar-refractivity contribution in [3.8, 4) is 11.5 Å². The van der Waals surface area contributed by atoms with Gasteiger partial charge in [-0.05, 0) is 112 Å². The van der Waals surface area contributed by atoms with Crippen molar-refractivity contribution in [2.24, 2.45) is 0 Å². The van der Waals surface area contributed by atoms with E-state index in [2.05, 4.69) is 180 Å². The van der Waals surface area contributed by atoms with E-state index in [0.717, 1.165) is 77.6 Å². The van der Waals surface area contributed by atoms with E-state index in [4.69, 9.17) is 9.47 Å². The minimum atomic E-state index is -1.28. The van der Waals surface area contributed by atoms with Gasteiger partial charge in [-0.2, -0.15) is 0 Å². The van der Waals surface area contributed by atoms with E-state index < -0.39 is 11.2 Å². The summed E-state index contributed by atoms with van der Waals surface area (Å²) in [5, 5.41) is 4.26. The summed E-state index contributed by atoms with van der Waals surface area (Å²) >= 11 is 0. The Kier molecular flexibility index (Phi) is 8.30. The van der Waals surface area contributed by atoms with Crippen molar-refractivity contribution < 1.29 is 19.1 Å². The fourth-order valence-corrected chi connectivity index (χ4v) is 11.3. The first kappa shape index (κ1) is 41.0. The zero-order chi connectivity index (χ0) is 45.3. The van der Waals surface area contributed by atoms with E-state index in [1.54, 1.807) is 0 Å². The number of ketones is 2. The zero-order valence-electron chi connectivity index (χ0n) is 39.7. The molecule has 0 saturated carbocycles. The summed E-state index contributed by atoms with van der Waals surface area (Å²) in [5.41, 5.74) is 11.1. The first-order valence-corrected chi connectivity index (χ1v) is 23.3. The van der Waals surface area contributed by atoms with Crippen LogP contribution in [-0.4, -0.2) is 11.6 Å². The van der Waals surface area contributed by atoms with Crippen LogP contribution in [0.25, 0.3) is 33.7 Å². The van der Waals surface area contributed by atoms with Gasteiger partial charge in [-0.25, -0.2) is 0 Å². The number of ether oxygens (including phenoxy) is 2. The average molecular weight is 845 g/mol. The van der Waals surface area contributed by atoms with Gasteiger partial charge >= 0.3 is 0 Å². The monoisotopic (exact) mass is 844 g/mol. The Labute approximate surface area is 378 Å². The van der Waals surface area contributed by atoms with Crippen molar-refractivity contribution in [1.29, 1.82) is 0 Å². The second-order valence-electron chi connectivity index (χ2n) is 23.7. The molecule has 6 bridgehead atoms. The molecule has 6 aromatic rings. The molecule has 6 aromatic carbocycles. The van der Waals surface area contributed by atoms with Gasteiger partial charge < -0.3 is 9.47 Å². The van der Waals surface area contributed by atoms with Crippen LogP contribution < -0.4 is 9.47 Å². The molecule has 4 nitrogen and oxygen atoms in total. The highest BCUT2D eigenvalue weighted by Crippen LogP contribution is 2.56. The Morgan fingerprint density at radius 2 is 0.781 bits per heavy atom. The van der Waals surface area contributed by atoms with Crippen molar-refractivity contribution >= 4 is 45.3 Å². The summed E-state index contributed by atoms with van der Waals surface area (Å²) in [4.78, 5) is 31.7. The van der Waals surface area contributed by atoms with Crippen LogP contribution >= 0.6 is 0 Å². The summed E-state index contributed by atoms with van der Waals surface area (Å²) in [5.74, 6) is 1.42. The Hall–Kier alpha value is -5.74. The van der Waals surface area contributed by atoms with Crippen LogP contribution in [0.2, 0.25) is 0 Å². The van der Waals surface area contributed by atoms with Gasteiger partial charge in [0, 0.05) is 59.1 Å². The Morgan fingerprint density at radius 3 is 1.14 bits per heavy atom. The van der Waals surface area contributed by atoms with Gasteiger partial charge in [0.05, 0.1) is 0 Å². The fourth-order valence-electron chi connectivity index (χ4n) is 11.3. The third kappa shape index (κ3) is 5.93. The molecule has 0 amide bonds. The molecule has 2 spiro atoms. The highest BCUT2D eigenvalue weighted by molar-refractivity contribution is 6.13. The molecule has 3 aliphatic heterocycles. The lowest BCUT2D eigenvalue weighted by Gasteiger charge is -2.36. The highest BCUT2D eigenvalue weighted by atomic mass is 16.5. The maximum Gasteiger partial charge on any atom is 0.207 e. The number of hydrogen-bond donors (Lipinski definition) is 0. The van der Waals surface area contributed by atoms with Crippen LogP contribution in [0.15, 0.2) is 96.1 Å². The van der Waals surface area contributed by atoms with Gasteiger partial charge in [-0.1, -0.05) is 156 Å². The van der Waals surface area contributed by atoms with Crippen LogP contribution in [0.4, 0.5) is 0 Å². The smallest absolute Gasteiger partial charge is 0.207 e. The van der Waals surface area contributed by atoms with Gasteiger partial charge in [0.15, 0.2) is 0 Å². The van der Waals surface area contributed by atoms with Crippen LogP contribution in [0.3, 0.4) is 0 Å². The molecule has 4 heteroatoms. The van der Waals surface area contributed by atoms with Gasteiger partial charge in [-0.15, -0.1) is 0 Å². The SMILES string of the molecule is CC(C)(C)c1ccc2c(c1)C=C1Cc3c4c(cc5cc(C(C)(C)C)ccc35)C[C@@]3(O4)C(=O)C(=Cc4cc(C(C)(C)C)ccc43)Cc3c4c(cc5cc(C(C)(C)C)ccc35)C[C@]2(O4)C1=O. The molecule has 5 aliphatic rings. The van der Waals surface area contributed by atoms with E-state index in [9.17, 15) is 0 Å². The van der Waals surface area contributed by atoms with Gasteiger partial charge in [0.2, 0.25) is 22.8 Å². The maximum absolute atomic E-state index is 15.9. The minimum Gasteiger partial charge on any atom is -0.473 e. The third-order valence-corrected chi connectivity index (χ3v) is 15.1. The minimum absolute atomic E-state index is 0.0116. The predicted octanol–water partition coefficient (Wildman–Crippen LogP) is 13.6. The zero-order valence-corrected chi connectivity index (χ0v) is 39.7. The molecule has 0 N–H and O–H groups in total. The van der Waals surface area contributed by atoms with E-state index in [1.807, 2.05) is 0 Å². The average Bonchev–Trinajstić information content (AvgIpc) is 3.79. The lowest BCUT2D eigenvalue weighted by molar-refractivity contribution is -0.131. The fraction of sp³-hybridized carbons (Fsp3) is 0.367. The van der Waals surface area contributed by atoms with Gasteiger partial charge in [0.1, 0.15) is 11.5 Å². The topological polar surface area (TPSA) is 52.6 Å². The molecular formula is C60H60O4. The second kappa shape index (κ2) is 13.0. The summed E-state index contributed by atoms with van der Waals surface area (Å²) in [6, 6.07) is 31.2. The van der Waals surface area contributed by atoms with E-state index in [1.165, 1.54) is 22.3 Å². The van der Waals surface area contributed by atoms with Crippen LogP contribution in [0.5, 0.6) is 11.5 Å². The molecule has 0 saturated heterocycles. The number of rotatable bonds is 0. The number of benzene rings is 6. The molecule has 2 aliphatic carbocycles. The molecule has 0 unspecified atom stereocenters. The van der Waals surface area contributed by atoms with E-state index >= 15 is 9.59 Å². The Balaban J connectivity index is 1.24. The molecule has 0 radical (unpaired) electrons. The molecule has 324 valence electrons. The molecule has 11 rings (SSSR count). The van der Waals surface area contributed by atoms with Crippen molar-refractivity contribution in [2.75, 3.05) is 0 Å². The quantitative estimate of drug-likeness (QED) is 0.153. The molecular weight excluding hydrogens is 785 g/mol. The van der Waals surface area contributed by atoms with Crippen LogP contribution in [0.1, 0.15) is 150 Å². The number of fused-ring (bicyclic) bond motifs is 8. The van der Waals surface area contributed by atoms with E-state index in [-0.39, 0.29) is 33.2 Å². The largest absolute Gasteiger partial charge is 0.473 e. The highest BCUT2D eigenvalue weighted by Gasteiger charge is 2.56. The first-order valence-electron chi connectivity index (χ1n) is 23.3. The van der Waals surface area contributed by atoms with Gasteiger partial charge in [0.25, 0.3) is 0 Å². The number of carbonyl (C=O) groups excluding carboxylic acids is 2. The summed E-state index contributed by atoms with van der Waals surface area (Å²) < 4.78 is 14.9. The molecule has 2 atom stereocenters. The van der Waals surface area contributed by atoms with Crippen LogP contribution in [0, 0.1) is 0 Å². The summed E-state index contributed by atoms with van der Waals surface area (Å²) in [6.45, 7) is 26.9. The van der Waals surface area contributed by atoms with Gasteiger partial charge in [-0.3, -0.25) is 9.59 Å². The number of hydrogen-bond acceptors (Lipinski definition) is 4. The van der Waals surface area contributed by atoms with E-state index in [0.29, 0.717) is 36.8 Å². The van der Waals surface area contributed by atoms with Crippen molar-refractivity contribution in [2.45, 2.75) is 142 Å². The standard InChI is InChI=1S/C60H60O4/c1-55(2,3)41-13-17-45-33(25-41)21-39-31-59-49-19-15-43(57(7,8)9)28-36(49)24-38(54(59)62)30-48-46-18-14-42(56(4,5)6)26-34(46)22-40-32-60(64-52(40)48)50-20-16-44(58(10,11)12)27-35(50)23-37(53(60)61)29-47(45)51(39)63-59/h13-28H,29-32H2,1-12H3/t59-,60+. The second-order valence-corrected chi connectivity index (χ2v) is 23.7. The predicted molar refractivity (Wildman–Crippen MR) is 261 cm³/mol. The maximum atomic E-state index is 15.9. The van der Waals surface area contributed by atoms with Crippen molar-refractivity contribution in [3.63, 3.8) is 0 Å². The van der Waals surface area contributed by atoms with Crippen molar-refractivity contribution in [3.05, 3.63) is 163 Å². The summed E-state index contributed by atoms with van der Waals surface area (Å²) in [7, 11) is 0. The number of carbonyl (C=O) groups is 2. The molecule has 0 fully saturated rings. The Morgan fingerprint density at radius 1 is 0.438 bits per heavy atom. The third-order valence-electron chi connectivity index (χ3n) is 15.1. The lowest BCUT2D eigenvalue weighted by Crippen LogP contribution is -2.45. The lowest BCUT2D eigenvalue weighted by atomic mass is 9.72. The Bertz CT molecular complexity index is 2960. The van der Waals surface area contributed by atoms with Crippen LogP contribution in [-0.2, 0) is 68.1 Å². The summed E-state index contributed by atoms with van der Waals surface area (Å²) in [6.07, 6.45) is 5.71. The first-order chi connectivity index (χ1) is 29.9. The number of Topliss-reactive ketones (excluding diaryl/α,β-unsaturated/α-hetero) is 2. The van der Waals surface area contributed by atoms with Crippen molar-refractivity contribution in [1.82, 2.24) is 0 Å². The molecule has 3 heterocycles. The molecule has 0 aromatic heterocycles. The normalized spacial score (nSPS) is 21.2. The molecule has 64 heavy (non-hydrogen) atoms.